The van der Waals surface area contributed by atoms with Crippen molar-refractivity contribution in [1.29, 1.82) is 0 Å². The van der Waals surface area contributed by atoms with Crippen LogP contribution < -0.4 is 4.74 Å². The summed E-state index contributed by atoms with van der Waals surface area (Å²) in [7, 11) is 0. The van der Waals surface area contributed by atoms with Crippen molar-refractivity contribution < 1.29 is 9.53 Å². The third-order valence-electron chi connectivity index (χ3n) is 4.02. The molecular weight excluding hydrogens is 334 g/mol. The van der Waals surface area contributed by atoms with E-state index in [9.17, 15) is 4.79 Å². The van der Waals surface area contributed by atoms with Crippen molar-refractivity contribution in [2.24, 2.45) is 10.2 Å². The predicted octanol–water partition coefficient (Wildman–Crippen LogP) is 4.55. The van der Waals surface area contributed by atoms with Crippen molar-refractivity contribution in [1.82, 2.24) is 4.90 Å². The fourth-order valence-electron chi connectivity index (χ4n) is 2.73. The lowest BCUT2D eigenvalue weighted by atomic mass is 10.2. The Morgan fingerprint density at radius 1 is 1.24 bits per heavy atom. The van der Waals surface area contributed by atoms with Crippen LogP contribution in [0.5, 0.6) is 5.75 Å². The Kier molecular flexibility index (Phi) is 5.28. The first-order chi connectivity index (χ1) is 12.0. The van der Waals surface area contributed by atoms with Crippen LogP contribution in [-0.4, -0.2) is 23.5 Å². The highest BCUT2D eigenvalue weighted by atomic mass is 32.1. The van der Waals surface area contributed by atoms with E-state index in [4.69, 9.17) is 4.74 Å². The molecule has 1 aliphatic heterocycles. The minimum Gasteiger partial charge on any atom is -0.484 e. The van der Waals surface area contributed by atoms with E-state index in [-0.39, 0.29) is 18.6 Å². The molecule has 0 saturated carbocycles. The molecule has 25 heavy (non-hydrogen) atoms. The minimum absolute atomic E-state index is 0.0159. The Hall–Kier alpha value is -2.47. The number of amides is 1. The molecule has 1 atom stereocenters. The van der Waals surface area contributed by atoms with Crippen LogP contribution >= 0.6 is 11.3 Å². The van der Waals surface area contributed by atoms with Crippen LogP contribution in [0.15, 0.2) is 63.4 Å². The zero-order valence-corrected chi connectivity index (χ0v) is 15.4. The molecule has 0 spiro atoms. The normalized spacial score (nSPS) is 16.4. The molecule has 6 heteroatoms. The van der Waals surface area contributed by atoms with Gasteiger partial charge in [-0.15, -0.1) is 11.3 Å². The molecule has 1 unspecified atom stereocenters. The Morgan fingerprint density at radius 2 is 2.00 bits per heavy atom. The zero-order valence-electron chi connectivity index (χ0n) is 14.6. The highest BCUT2D eigenvalue weighted by Gasteiger charge is 2.28. The molecule has 1 amide bonds. The van der Waals surface area contributed by atoms with Crippen molar-refractivity contribution in [3.63, 3.8) is 0 Å². The maximum Gasteiger partial charge on any atom is 0.265 e. The Balaban J connectivity index is 1.75. The summed E-state index contributed by atoms with van der Waals surface area (Å²) in [5, 5.41) is 10.3. The Labute approximate surface area is 151 Å². The zero-order chi connectivity index (χ0) is 17.8. The van der Waals surface area contributed by atoms with Gasteiger partial charge in [0.05, 0.1) is 17.9 Å². The Bertz CT molecular complexity index is 795. The molecular formula is C19H21N3O2S. The lowest BCUT2D eigenvalue weighted by Crippen LogP contribution is -2.36. The van der Waals surface area contributed by atoms with Gasteiger partial charge >= 0.3 is 0 Å². The Morgan fingerprint density at radius 3 is 2.60 bits per heavy atom. The summed E-state index contributed by atoms with van der Waals surface area (Å²) in [6.07, 6.45) is 0. The van der Waals surface area contributed by atoms with Crippen LogP contribution in [0.25, 0.3) is 0 Å². The third kappa shape index (κ3) is 4.14. The van der Waals surface area contributed by atoms with Crippen LogP contribution in [0.2, 0.25) is 0 Å². The highest BCUT2D eigenvalue weighted by Crippen LogP contribution is 2.27. The van der Waals surface area contributed by atoms with Crippen molar-refractivity contribution in [3.8, 4) is 5.75 Å². The predicted molar refractivity (Wildman–Crippen MR) is 98.6 cm³/mol. The van der Waals surface area contributed by atoms with E-state index in [0.29, 0.717) is 12.3 Å². The SMILES string of the molecule is CC1=C(N(Cc2cccs2)C(=O)COc2ccc(C)cc2)C(C)N=N1. The number of ether oxygens (including phenoxy) is 1. The fraction of sp³-hybridized carbons (Fsp3) is 0.316. The van der Waals surface area contributed by atoms with Crippen LogP contribution in [0.1, 0.15) is 24.3 Å². The molecule has 2 aromatic rings. The molecule has 1 aromatic carbocycles. The molecule has 0 bridgehead atoms. The standard InChI is InChI=1S/C19H21N3O2S/c1-13-6-8-16(9-7-13)24-12-18(23)22(11-17-5-4-10-25-17)19-14(2)20-21-15(19)3/h4-10,14H,11-12H2,1-3H3. The number of carbonyl (C=O) groups excluding carboxylic acids is 1. The van der Waals surface area contributed by atoms with Gasteiger partial charge in [0.25, 0.3) is 5.91 Å². The van der Waals surface area contributed by atoms with E-state index in [1.165, 1.54) is 0 Å². The molecule has 130 valence electrons. The topological polar surface area (TPSA) is 54.3 Å². The second-order valence-electron chi connectivity index (χ2n) is 6.02. The van der Waals surface area contributed by atoms with E-state index in [1.54, 1.807) is 16.2 Å². The van der Waals surface area contributed by atoms with Gasteiger partial charge in [-0.1, -0.05) is 23.8 Å². The lowest BCUT2D eigenvalue weighted by molar-refractivity contribution is -0.132. The second-order valence-corrected chi connectivity index (χ2v) is 7.06. The first kappa shape index (κ1) is 17.4. The van der Waals surface area contributed by atoms with Crippen molar-refractivity contribution in [3.05, 3.63) is 63.6 Å². The molecule has 5 nitrogen and oxygen atoms in total. The van der Waals surface area contributed by atoms with Gasteiger partial charge in [-0.05, 0) is 44.4 Å². The number of thiophene rings is 1. The smallest absolute Gasteiger partial charge is 0.265 e. The number of nitrogens with zero attached hydrogens (tertiary/aromatic N) is 3. The summed E-state index contributed by atoms with van der Waals surface area (Å²) in [6.45, 7) is 6.35. The maximum absolute atomic E-state index is 12.9. The number of benzene rings is 1. The van der Waals surface area contributed by atoms with Gasteiger partial charge < -0.3 is 9.64 Å². The molecule has 0 saturated heterocycles. The van der Waals surface area contributed by atoms with Crippen LogP contribution in [0, 0.1) is 6.92 Å². The van der Waals surface area contributed by atoms with Gasteiger partial charge in [0.2, 0.25) is 0 Å². The average Bonchev–Trinajstić information content (AvgIpc) is 3.22. The molecule has 1 aromatic heterocycles. The molecule has 3 rings (SSSR count). The number of rotatable bonds is 6. The summed E-state index contributed by atoms with van der Waals surface area (Å²) in [6, 6.07) is 11.6. The largest absolute Gasteiger partial charge is 0.484 e. The summed E-state index contributed by atoms with van der Waals surface area (Å²) >= 11 is 1.63. The number of allylic oxidation sites excluding steroid dienone is 1. The molecule has 0 N–H and O–H groups in total. The molecule has 2 heterocycles. The van der Waals surface area contributed by atoms with Gasteiger partial charge in [-0.3, -0.25) is 4.79 Å². The summed E-state index contributed by atoms with van der Waals surface area (Å²) in [5.41, 5.74) is 2.79. The molecule has 0 aliphatic carbocycles. The quantitative estimate of drug-likeness (QED) is 0.763. The number of azo groups is 1. The van der Waals surface area contributed by atoms with E-state index in [0.717, 1.165) is 21.8 Å². The van der Waals surface area contributed by atoms with E-state index in [2.05, 4.69) is 10.2 Å². The lowest BCUT2D eigenvalue weighted by Gasteiger charge is -2.25. The van der Waals surface area contributed by atoms with Crippen molar-refractivity contribution >= 4 is 17.2 Å². The van der Waals surface area contributed by atoms with Crippen molar-refractivity contribution in [2.45, 2.75) is 33.4 Å². The van der Waals surface area contributed by atoms with Crippen LogP contribution in [0.4, 0.5) is 0 Å². The maximum atomic E-state index is 12.9. The fourth-order valence-corrected chi connectivity index (χ4v) is 3.42. The molecule has 1 aliphatic rings. The number of hydrogen-bond acceptors (Lipinski definition) is 5. The number of hydrogen-bond donors (Lipinski definition) is 0. The first-order valence-corrected chi connectivity index (χ1v) is 9.06. The summed E-state index contributed by atoms with van der Waals surface area (Å²) in [4.78, 5) is 15.7. The third-order valence-corrected chi connectivity index (χ3v) is 4.88. The monoisotopic (exact) mass is 355 g/mol. The first-order valence-electron chi connectivity index (χ1n) is 8.18. The highest BCUT2D eigenvalue weighted by molar-refractivity contribution is 7.09. The van der Waals surface area contributed by atoms with Gasteiger partial charge in [-0.2, -0.15) is 10.2 Å². The van der Waals surface area contributed by atoms with Crippen LogP contribution in [-0.2, 0) is 11.3 Å². The average molecular weight is 355 g/mol. The van der Waals surface area contributed by atoms with Gasteiger partial charge in [0, 0.05) is 4.88 Å². The number of aryl methyl sites for hydroxylation is 1. The summed E-state index contributed by atoms with van der Waals surface area (Å²) in [5.74, 6) is 0.594. The van der Waals surface area contributed by atoms with E-state index in [1.807, 2.05) is 62.5 Å². The molecule has 0 fully saturated rings. The van der Waals surface area contributed by atoms with Crippen LogP contribution in [0.3, 0.4) is 0 Å². The second kappa shape index (κ2) is 7.61. The van der Waals surface area contributed by atoms with Gasteiger partial charge in [-0.25, -0.2) is 0 Å². The number of carbonyl (C=O) groups is 1. The van der Waals surface area contributed by atoms with Gasteiger partial charge in [0.1, 0.15) is 11.8 Å². The molecule has 0 radical (unpaired) electrons. The van der Waals surface area contributed by atoms with Crippen molar-refractivity contribution in [2.75, 3.05) is 6.61 Å². The summed E-state index contributed by atoms with van der Waals surface area (Å²) < 4.78 is 5.68. The minimum atomic E-state index is -0.122. The van der Waals surface area contributed by atoms with E-state index >= 15 is 0 Å². The van der Waals surface area contributed by atoms with Gasteiger partial charge in [0.15, 0.2) is 6.61 Å². The van der Waals surface area contributed by atoms with E-state index < -0.39 is 0 Å².